The summed E-state index contributed by atoms with van der Waals surface area (Å²) in [5.41, 5.74) is 1.61. The van der Waals surface area contributed by atoms with Crippen LogP contribution in [-0.4, -0.2) is 16.7 Å². The van der Waals surface area contributed by atoms with Crippen LogP contribution in [0.1, 0.15) is 41.0 Å². The molecule has 0 saturated heterocycles. The highest BCUT2D eigenvalue weighted by Crippen LogP contribution is 2.29. The number of carbonyl (C=O) groups excluding carboxylic acids is 2. The lowest BCUT2D eigenvalue weighted by Gasteiger charge is -2.17. The predicted molar refractivity (Wildman–Crippen MR) is 73.8 cm³/mol. The maximum absolute atomic E-state index is 12.3. The van der Waals surface area contributed by atoms with Crippen LogP contribution in [0, 0.1) is 0 Å². The second-order valence-electron chi connectivity index (χ2n) is 4.66. The van der Waals surface area contributed by atoms with Gasteiger partial charge in [-0.2, -0.15) is 0 Å². The molecule has 0 unspecified atom stereocenters. The quantitative estimate of drug-likeness (QED) is 0.834. The van der Waals surface area contributed by atoms with Gasteiger partial charge in [-0.15, -0.1) is 0 Å². The molecular weight excluding hydrogens is 264 g/mol. The standard InChI is InChI=1S/C15H13ClO3/c1-8(2)3-5-11-13(17)10-6-4-9(16)7-12(10)15(19)14(11)18/h3-4,6-7,18H,5H2,1-2H3. The Balaban J connectivity index is 2.52. The second kappa shape index (κ2) is 5.02. The summed E-state index contributed by atoms with van der Waals surface area (Å²) in [4.78, 5) is 24.3. The number of halogens is 1. The Bertz CT molecular complexity index is 635. The number of aliphatic hydroxyl groups is 1. The molecule has 1 aromatic carbocycles. The van der Waals surface area contributed by atoms with Crippen LogP contribution in [-0.2, 0) is 0 Å². The van der Waals surface area contributed by atoms with Crippen molar-refractivity contribution >= 4 is 23.2 Å². The highest BCUT2D eigenvalue weighted by Gasteiger charge is 2.31. The number of rotatable bonds is 2. The molecule has 0 aromatic heterocycles. The number of Topliss-reactive ketones (excluding diaryl/α,β-unsaturated/α-hetero) is 2. The minimum absolute atomic E-state index is 0.140. The lowest BCUT2D eigenvalue weighted by Crippen LogP contribution is -2.21. The SMILES string of the molecule is CC(C)=CCC1=C(O)C(=O)c2cc(Cl)ccc2C1=O. The molecule has 1 aliphatic rings. The number of benzene rings is 1. The van der Waals surface area contributed by atoms with Crippen molar-refractivity contribution in [2.24, 2.45) is 0 Å². The summed E-state index contributed by atoms with van der Waals surface area (Å²) in [6.45, 7) is 3.78. The van der Waals surface area contributed by atoms with E-state index >= 15 is 0 Å². The van der Waals surface area contributed by atoms with Crippen LogP contribution in [0.25, 0.3) is 0 Å². The van der Waals surface area contributed by atoms with Gasteiger partial charge < -0.3 is 5.11 Å². The van der Waals surface area contributed by atoms with E-state index in [9.17, 15) is 14.7 Å². The van der Waals surface area contributed by atoms with Crippen molar-refractivity contribution in [1.29, 1.82) is 0 Å². The first-order valence-electron chi connectivity index (χ1n) is 5.86. The van der Waals surface area contributed by atoms with E-state index in [1.165, 1.54) is 12.1 Å². The average Bonchev–Trinajstić information content (AvgIpc) is 2.35. The van der Waals surface area contributed by atoms with Crippen molar-refractivity contribution in [1.82, 2.24) is 0 Å². The summed E-state index contributed by atoms with van der Waals surface area (Å²) in [6, 6.07) is 4.49. The fourth-order valence-electron chi connectivity index (χ4n) is 1.93. The van der Waals surface area contributed by atoms with Gasteiger partial charge in [0, 0.05) is 21.7 Å². The Hall–Kier alpha value is -1.87. The number of carbonyl (C=O) groups is 2. The van der Waals surface area contributed by atoms with Gasteiger partial charge >= 0.3 is 0 Å². The summed E-state index contributed by atoms with van der Waals surface area (Å²) in [7, 11) is 0. The Labute approximate surface area is 116 Å². The number of fused-ring (bicyclic) bond motifs is 1. The Kier molecular flexibility index (Phi) is 3.58. The third kappa shape index (κ3) is 2.47. The monoisotopic (exact) mass is 276 g/mol. The molecule has 0 aliphatic heterocycles. The lowest BCUT2D eigenvalue weighted by atomic mass is 9.86. The number of allylic oxidation sites excluding steroid dienone is 4. The maximum Gasteiger partial charge on any atom is 0.228 e. The van der Waals surface area contributed by atoms with Crippen LogP contribution in [0.3, 0.4) is 0 Å². The van der Waals surface area contributed by atoms with E-state index < -0.39 is 11.5 Å². The van der Waals surface area contributed by atoms with E-state index in [4.69, 9.17) is 11.6 Å². The van der Waals surface area contributed by atoms with Gasteiger partial charge in [0.05, 0.1) is 0 Å². The van der Waals surface area contributed by atoms with E-state index in [0.717, 1.165) is 5.57 Å². The van der Waals surface area contributed by atoms with Crippen LogP contribution in [0.15, 0.2) is 41.2 Å². The Morgan fingerprint density at radius 2 is 1.89 bits per heavy atom. The molecule has 1 aromatic rings. The number of hydrogen-bond acceptors (Lipinski definition) is 3. The first-order valence-corrected chi connectivity index (χ1v) is 6.24. The molecule has 1 N–H and O–H groups in total. The number of hydrogen-bond donors (Lipinski definition) is 1. The van der Waals surface area contributed by atoms with Crippen molar-refractivity contribution in [3.8, 4) is 0 Å². The molecule has 3 nitrogen and oxygen atoms in total. The molecule has 0 radical (unpaired) electrons. The van der Waals surface area contributed by atoms with Gasteiger partial charge in [-0.05, 0) is 38.5 Å². The van der Waals surface area contributed by atoms with E-state index in [-0.39, 0.29) is 23.3 Å². The summed E-state index contributed by atoms with van der Waals surface area (Å²) < 4.78 is 0. The minimum Gasteiger partial charge on any atom is -0.504 e. The number of ketones is 2. The predicted octanol–water partition coefficient (Wildman–Crippen LogP) is 3.89. The van der Waals surface area contributed by atoms with Crippen LogP contribution >= 0.6 is 11.6 Å². The second-order valence-corrected chi connectivity index (χ2v) is 5.10. The molecule has 4 heteroatoms. The van der Waals surface area contributed by atoms with Gasteiger partial charge in [0.1, 0.15) is 0 Å². The molecule has 0 saturated carbocycles. The molecule has 0 heterocycles. The van der Waals surface area contributed by atoms with Gasteiger partial charge in [-0.1, -0.05) is 23.3 Å². The largest absolute Gasteiger partial charge is 0.504 e. The minimum atomic E-state index is -0.547. The Morgan fingerprint density at radius 1 is 1.21 bits per heavy atom. The fraction of sp³-hybridized carbons (Fsp3) is 0.200. The molecule has 19 heavy (non-hydrogen) atoms. The summed E-state index contributed by atoms with van der Waals surface area (Å²) >= 11 is 5.81. The first kappa shape index (κ1) is 13.6. The van der Waals surface area contributed by atoms with Crippen molar-refractivity contribution in [3.05, 3.63) is 57.3 Å². The highest BCUT2D eigenvalue weighted by molar-refractivity contribution is 6.32. The molecule has 98 valence electrons. The van der Waals surface area contributed by atoms with Crippen molar-refractivity contribution < 1.29 is 14.7 Å². The van der Waals surface area contributed by atoms with Gasteiger partial charge in [0.2, 0.25) is 5.78 Å². The molecule has 0 amide bonds. The fourth-order valence-corrected chi connectivity index (χ4v) is 2.10. The smallest absolute Gasteiger partial charge is 0.228 e. The highest BCUT2D eigenvalue weighted by atomic mass is 35.5. The Morgan fingerprint density at radius 3 is 2.53 bits per heavy atom. The van der Waals surface area contributed by atoms with Gasteiger partial charge in [0.15, 0.2) is 11.5 Å². The summed E-state index contributed by atoms with van der Waals surface area (Å²) in [6.07, 6.45) is 2.05. The molecule has 0 spiro atoms. The third-order valence-corrected chi connectivity index (χ3v) is 3.20. The van der Waals surface area contributed by atoms with Crippen molar-refractivity contribution in [2.45, 2.75) is 20.3 Å². The van der Waals surface area contributed by atoms with E-state index in [1.54, 1.807) is 12.1 Å². The average molecular weight is 277 g/mol. The number of aliphatic hydroxyl groups excluding tert-OH is 1. The zero-order valence-electron chi connectivity index (χ0n) is 10.7. The zero-order chi connectivity index (χ0) is 14.2. The van der Waals surface area contributed by atoms with Crippen molar-refractivity contribution in [2.75, 3.05) is 0 Å². The van der Waals surface area contributed by atoms with Gasteiger partial charge in [-0.3, -0.25) is 9.59 Å². The molecule has 0 bridgehead atoms. The van der Waals surface area contributed by atoms with Crippen molar-refractivity contribution in [3.63, 3.8) is 0 Å². The van der Waals surface area contributed by atoms with Crippen LogP contribution in [0.5, 0.6) is 0 Å². The zero-order valence-corrected chi connectivity index (χ0v) is 11.4. The van der Waals surface area contributed by atoms with Crippen LogP contribution in [0.2, 0.25) is 5.02 Å². The molecule has 1 aliphatic carbocycles. The lowest BCUT2D eigenvalue weighted by molar-refractivity contribution is 0.0927. The van der Waals surface area contributed by atoms with E-state index in [0.29, 0.717) is 10.6 Å². The topological polar surface area (TPSA) is 54.4 Å². The van der Waals surface area contributed by atoms with Gasteiger partial charge in [-0.25, -0.2) is 0 Å². The molecular formula is C15H13ClO3. The molecule has 0 atom stereocenters. The summed E-state index contributed by atoms with van der Waals surface area (Å²) in [5, 5.41) is 10.3. The molecule has 0 fully saturated rings. The maximum atomic E-state index is 12.3. The van der Waals surface area contributed by atoms with Crippen LogP contribution in [0.4, 0.5) is 0 Å². The van der Waals surface area contributed by atoms with E-state index in [2.05, 4.69) is 0 Å². The van der Waals surface area contributed by atoms with Crippen LogP contribution < -0.4 is 0 Å². The summed E-state index contributed by atoms with van der Waals surface area (Å²) in [5.74, 6) is -1.34. The normalized spacial score (nSPS) is 14.5. The van der Waals surface area contributed by atoms with Gasteiger partial charge in [0.25, 0.3) is 0 Å². The van der Waals surface area contributed by atoms with E-state index in [1.807, 2.05) is 13.8 Å². The molecule has 2 rings (SSSR count). The third-order valence-electron chi connectivity index (χ3n) is 2.96. The first-order chi connectivity index (χ1) is 8.91.